The molecule has 0 aromatic heterocycles. The first-order valence-electron chi connectivity index (χ1n) is 10.4. The lowest BCUT2D eigenvalue weighted by atomic mass is 10.0. The van der Waals surface area contributed by atoms with Crippen LogP contribution in [0.5, 0.6) is 11.5 Å². The molecule has 0 spiro atoms. The average molecular weight is 474 g/mol. The van der Waals surface area contributed by atoms with E-state index >= 15 is 0 Å². The molecule has 0 heterocycles. The van der Waals surface area contributed by atoms with Crippen molar-refractivity contribution in [1.82, 2.24) is 5.32 Å². The first-order chi connectivity index (χ1) is 16.4. The third kappa shape index (κ3) is 5.44. The summed E-state index contributed by atoms with van der Waals surface area (Å²) >= 11 is 4.51. The molecule has 1 amide bonds. The van der Waals surface area contributed by atoms with Crippen molar-refractivity contribution in [3.63, 3.8) is 0 Å². The molecule has 4 aromatic rings. The van der Waals surface area contributed by atoms with Crippen LogP contribution < -0.4 is 10.1 Å². The highest BCUT2D eigenvalue weighted by Crippen LogP contribution is 2.33. The van der Waals surface area contributed by atoms with Crippen molar-refractivity contribution in [3.8, 4) is 22.6 Å². The van der Waals surface area contributed by atoms with E-state index in [1.807, 2.05) is 30.3 Å². The van der Waals surface area contributed by atoms with Gasteiger partial charge in [0, 0.05) is 11.4 Å². The first kappa shape index (κ1) is 23.1. The van der Waals surface area contributed by atoms with Crippen LogP contribution in [0, 0.1) is 5.82 Å². The maximum Gasteiger partial charge on any atom is 0.335 e. The average Bonchev–Trinajstić information content (AvgIpc) is 2.85. The maximum absolute atomic E-state index is 13.3. The number of amides is 1. The Morgan fingerprint density at radius 3 is 2.29 bits per heavy atom. The van der Waals surface area contributed by atoms with E-state index < -0.39 is 5.97 Å². The van der Waals surface area contributed by atoms with Gasteiger partial charge in [0.15, 0.2) is 0 Å². The van der Waals surface area contributed by atoms with Crippen molar-refractivity contribution >= 4 is 24.5 Å². The van der Waals surface area contributed by atoms with Gasteiger partial charge in [-0.15, -0.1) is 12.6 Å². The van der Waals surface area contributed by atoms with Gasteiger partial charge in [0.25, 0.3) is 5.91 Å². The standard InChI is InChI=1S/C27H20FNO4S/c28-20-10-12-21(13-11-20)33-24-14-9-19(22-3-1-2-4-25(22)34)15-23(24)26(30)29-16-17-5-7-18(8-6-17)27(31)32/h1-15,34H,16H2,(H,29,30)(H,31,32). The van der Waals surface area contributed by atoms with E-state index in [-0.39, 0.29) is 23.8 Å². The summed E-state index contributed by atoms with van der Waals surface area (Å²) in [7, 11) is 0. The van der Waals surface area contributed by atoms with Crippen LogP contribution in [0.15, 0.2) is 95.9 Å². The molecular weight excluding hydrogens is 453 g/mol. The zero-order valence-corrected chi connectivity index (χ0v) is 18.8. The molecule has 0 bridgehead atoms. The maximum atomic E-state index is 13.3. The summed E-state index contributed by atoms with van der Waals surface area (Å²) in [5.41, 5.74) is 2.85. The number of rotatable bonds is 7. The smallest absolute Gasteiger partial charge is 0.335 e. The zero-order valence-electron chi connectivity index (χ0n) is 17.9. The van der Waals surface area contributed by atoms with Gasteiger partial charge in [-0.25, -0.2) is 9.18 Å². The minimum absolute atomic E-state index is 0.170. The summed E-state index contributed by atoms with van der Waals surface area (Å²) in [4.78, 5) is 25.0. The van der Waals surface area contributed by atoms with E-state index in [1.165, 1.54) is 36.4 Å². The highest BCUT2D eigenvalue weighted by molar-refractivity contribution is 7.80. The molecule has 0 atom stereocenters. The summed E-state index contributed by atoms with van der Waals surface area (Å²) in [5.74, 6) is -1.08. The highest BCUT2D eigenvalue weighted by atomic mass is 32.1. The van der Waals surface area contributed by atoms with E-state index in [4.69, 9.17) is 9.84 Å². The predicted molar refractivity (Wildman–Crippen MR) is 130 cm³/mol. The van der Waals surface area contributed by atoms with Crippen LogP contribution >= 0.6 is 12.6 Å². The number of benzene rings is 4. The van der Waals surface area contributed by atoms with Gasteiger partial charge in [-0.05, 0) is 71.3 Å². The van der Waals surface area contributed by atoms with Crippen LogP contribution in [0.4, 0.5) is 4.39 Å². The molecule has 0 aliphatic heterocycles. The monoisotopic (exact) mass is 473 g/mol. The van der Waals surface area contributed by atoms with E-state index in [0.29, 0.717) is 17.1 Å². The van der Waals surface area contributed by atoms with Gasteiger partial charge in [-0.3, -0.25) is 4.79 Å². The topological polar surface area (TPSA) is 75.6 Å². The number of carbonyl (C=O) groups excluding carboxylic acids is 1. The van der Waals surface area contributed by atoms with Gasteiger partial charge >= 0.3 is 5.97 Å². The van der Waals surface area contributed by atoms with Crippen LogP contribution in [-0.2, 0) is 6.54 Å². The van der Waals surface area contributed by atoms with Crippen molar-refractivity contribution in [2.45, 2.75) is 11.4 Å². The van der Waals surface area contributed by atoms with Gasteiger partial charge in [0.05, 0.1) is 11.1 Å². The lowest BCUT2D eigenvalue weighted by Crippen LogP contribution is -2.23. The lowest BCUT2D eigenvalue weighted by Gasteiger charge is -2.14. The second kappa shape index (κ2) is 10.2. The highest BCUT2D eigenvalue weighted by Gasteiger charge is 2.16. The van der Waals surface area contributed by atoms with Crippen molar-refractivity contribution < 1.29 is 23.8 Å². The number of carbonyl (C=O) groups is 2. The van der Waals surface area contributed by atoms with Gasteiger partial charge < -0.3 is 15.2 Å². The molecule has 0 unspecified atom stereocenters. The number of halogens is 1. The minimum Gasteiger partial charge on any atom is -0.478 e. The molecule has 0 saturated heterocycles. The lowest BCUT2D eigenvalue weighted by molar-refractivity contribution is 0.0696. The summed E-state index contributed by atoms with van der Waals surface area (Å²) in [6.07, 6.45) is 0. The largest absolute Gasteiger partial charge is 0.478 e. The van der Waals surface area contributed by atoms with Crippen LogP contribution in [0.1, 0.15) is 26.3 Å². The number of ether oxygens (including phenoxy) is 1. The third-order valence-electron chi connectivity index (χ3n) is 5.13. The first-order valence-corrected chi connectivity index (χ1v) is 10.8. The molecule has 2 N–H and O–H groups in total. The second-order valence-electron chi connectivity index (χ2n) is 7.47. The van der Waals surface area contributed by atoms with Gasteiger partial charge in [-0.2, -0.15) is 0 Å². The molecule has 0 aliphatic rings. The fourth-order valence-electron chi connectivity index (χ4n) is 3.35. The summed E-state index contributed by atoms with van der Waals surface area (Å²) < 4.78 is 19.2. The predicted octanol–water partition coefficient (Wildman–Crippen LogP) is 6.20. The van der Waals surface area contributed by atoms with Crippen LogP contribution in [0.2, 0.25) is 0 Å². The fourth-order valence-corrected chi connectivity index (χ4v) is 3.64. The Balaban J connectivity index is 1.62. The Labute approximate surface area is 201 Å². The van der Waals surface area contributed by atoms with Crippen molar-refractivity contribution in [2.24, 2.45) is 0 Å². The SMILES string of the molecule is O=C(O)c1ccc(CNC(=O)c2cc(-c3ccccc3S)ccc2Oc2ccc(F)cc2)cc1. The number of hydrogen-bond donors (Lipinski definition) is 3. The molecular formula is C27H20FNO4S. The quantitative estimate of drug-likeness (QED) is 0.279. The van der Waals surface area contributed by atoms with Crippen molar-refractivity contribution in [2.75, 3.05) is 0 Å². The number of carboxylic acids is 1. The number of carboxylic acid groups (broad SMARTS) is 1. The molecule has 5 nitrogen and oxygen atoms in total. The van der Waals surface area contributed by atoms with E-state index in [9.17, 15) is 14.0 Å². The van der Waals surface area contributed by atoms with Crippen molar-refractivity contribution in [1.29, 1.82) is 0 Å². The zero-order chi connectivity index (χ0) is 24.1. The van der Waals surface area contributed by atoms with Gasteiger partial charge in [0.1, 0.15) is 17.3 Å². The molecule has 0 aliphatic carbocycles. The van der Waals surface area contributed by atoms with Crippen LogP contribution in [0.3, 0.4) is 0 Å². The molecule has 0 saturated carbocycles. The summed E-state index contributed by atoms with van der Waals surface area (Å²) in [5, 5.41) is 11.9. The summed E-state index contributed by atoms with van der Waals surface area (Å²) in [6, 6.07) is 24.6. The van der Waals surface area contributed by atoms with E-state index in [0.717, 1.165) is 21.6 Å². The van der Waals surface area contributed by atoms with Gasteiger partial charge in [-0.1, -0.05) is 36.4 Å². The number of thiol groups is 1. The number of hydrogen-bond acceptors (Lipinski definition) is 4. The Bertz CT molecular complexity index is 1340. The Morgan fingerprint density at radius 1 is 0.912 bits per heavy atom. The third-order valence-corrected chi connectivity index (χ3v) is 5.52. The Hall–Kier alpha value is -4.10. The molecule has 4 rings (SSSR count). The van der Waals surface area contributed by atoms with Crippen LogP contribution in [-0.4, -0.2) is 17.0 Å². The number of aromatic carboxylic acids is 1. The normalized spacial score (nSPS) is 10.5. The molecule has 0 radical (unpaired) electrons. The second-order valence-corrected chi connectivity index (χ2v) is 7.95. The minimum atomic E-state index is -1.01. The van der Waals surface area contributed by atoms with E-state index in [1.54, 1.807) is 24.3 Å². The van der Waals surface area contributed by atoms with E-state index in [2.05, 4.69) is 17.9 Å². The fraction of sp³-hybridized carbons (Fsp3) is 0.0370. The molecule has 7 heteroatoms. The molecule has 0 fully saturated rings. The number of nitrogens with one attached hydrogen (secondary N) is 1. The Morgan fingerprint density at radius 2 is 1.62 bits per heavy atom. The summed E-state index contributed by atoms with van der Waals surface area (Å²) in [6.45, 7) is 0.197. The Kier molecular flexibility index (Phi) is 6.94. The van der Waals surface area contributed by atoms with Gasteiger partial charge in [0.2, 0.25) is 0 Å². The molecule has 170 valence electrons. The molecule has 34 heavy (non-hydrogen) atoms. The van der Waals surface area contributed by atoms with Crippen LogP contribution in [0.25, 0.3) is 11.1 Å². The molecule has 4 aromatic carbocycles. The van der Waals surface area contributed by atoms with Crippen molar-refractivity contribution in [3.05, 3.63) is 114 Å².